The molecule has 2 nitrogen and oxygen atoms in total. The van der Waals surface area contributed by atoms with Crippen LogP contribution in [0.2, 0.25) is 0 Å². The van der Waals surface area contributed by atoms with Gasteiger partial charge in [-0.2, -0.15) is 0 Å². The van der Waals surface area contributed by atoms with E-state index < -0.39 is 11.6 Å². The maximum atomic E-state index is 13.8. The lowest BCUT2D eigenvalue weighted by Gasteiger charge is -2.23. The molecule has 0 radical (unpaired) electrons. The fourth-order valence-corrected chi connectivity index (χ4v) is 2.55. The molecular weight excluding hydrogens is 292 g/mol. The Kier molecular flexibility index (Phi) is 4.12. The van der Waals surface area contributed by atoms with Crippen molar-refractivity contribution in [2.24, 2.45) is 5.92 Å². The van der Waals surface area contributed by atoms with E-state index in [1.165, 1.54) is 12.1 Å². The van der Waals surface area contributed by atoms with E-state index in [4.69, 9.17) is 4.74 Å². The molecule has 17 heavy (non-hydrogen) atoms. The van der Waals surface area contributed by atoms with Crippen molar-refractivity contribution in [1.82, 2.24) is 5.32 Å². The molecule has 0 aliphatic carbocycles. The van der Waals surface area contributed by atoms with E-state index >= 15 is 0 Å². The molecule has 1 saturated heterocycles. The Morgan fingerprint density at radius 2 is 2.18 bits per heavy atom. The van der Waals surface area contributed by atoms with Crippen LogP contribution in [0.4, 0.5) is 8.78 Å². The minimum atomic E-state index is -0.444. The summed E-state index contributed by atoms with van der Waals surface area (Å²) in [5, 5.41) is 3.05. The molecule has 5 heteroatoms. The van der Waals surface area contributed by atoms with Crippen LogP contribution in [0.1, 0.15) is 18.0 Å². The highest BCUT2D eigenvalue weighted by Gasteiger charge is 2.28. The fraction of sp³-hybridized carbons (Fsp3) is 0.500. The third-order valence-electron chi connectivity index (χ3n) is 3.12. The summed E-state index contributed by atoms with van der Waals surface area (Å²) >= 11 is 2.97. The van der Waals surface area contributed by atoms with Crippen LogP contribution in [0, 0.1) is 17.6 Å². The van der Waals surface area contributed by atoms with Crippen LogP contribution >= 0.6 is 15.9 Å². The van der Waals surface area contributed by atoms with Gasteiger partial charge in [0.25, 0.3) is 0 Å². The Morgan fingerprint density at radius 1 is 1.41 bits per heavy atom. The van der Waals surface area contributed by atoms with Gasteiger partial charge in [0, 0.05) is 24.1 Å². The van der Waals surface area contributed by atoms with Gasteiger partial charge in [-0.15, -0.1) is 0 Å². The maximum Gasteiger partial charge on any atom is 0.137 e. The summed E-state index contributed by atoms with van der Waals surface area (Å²) in [7, 11) is 1.75. The van der Waals surface area contributed by atoms with Gasteiger partial charge in [0.2, 0.25) is 0 Å². The first-order chi connectivity index (χ1) is 8.13. The van der Waals surface area contributed by atoms with Crippen LogP contribution in [0.5, 0.6) is 0 Å². The Bertz CT molecular complexity index is 408. The smallest absolute Gasteiger partial charge is 0.137 e. The zero-order chi connectivity index (χ0) is 12.4. The zero-order valence-corrected chi connectivity index (χ0v) is 11.1. The third kappa shape index (κ3) is 2.67. The second-order valence-corrected chi connectivity index (χ2v) is 5.03. The molecule has 0 bridgehead atoms. The monoisotopic (exact) mass is 305 g/mol. The molecular formula is C12H14BrF2NO. The summed E-state index contributed by atoms with van der Waals surface area (Å²) < 4.78 is 32.8. The Labute approximate surface area is 107 Å². The van der Waals surface area contributed by atoms with Crippen molar-refractivity contribution in [1.29, 1.82) is 0 Å². The van der Waals surface area contributed by atoms with Crippen LogP contribution < -0.4 is 5.32 Å². The predicted molar refractivity (Wildman–Crippen MR) is 64.8 cm³/mol. The molecule has 0 amide bonds. The molecule has 1 aliphatic rings. The van der Waals surface area contributed by atoms with Gasteiger partial charge in [-0.3, -0.25) is 0 Å². The number of benzene rings is 1. The summed E-state index contributed by atoms with van der Waals surface area (Å²) in [6.45, 7) is 1.27. The largest absolute Gasteiger partial charge is 0.381 e. The molecule has 1 aromatic carbocycles. The number of hydrogen-bond acceptors (Lipinski definition) is 2. The average Bonchev–Trinajstić information content (AvgIpc) is 2.80. The molecule has 94 valence electrons. The van der Waals surface area contributed by atoms with Gasteiger partial charge in [0.05, 0.1) is 11.1 Å². The molecule has 1 fully saturated rings. The summed E-state index contributed by atoms with van der Waals surface area (Å²) in [5.74, 6) is -0.653. The first-order valence-corrected chi connectivity index (χ1v) is 6.32. The Hall–Kier alpha value is -0.520. The maximum absolute atomic E-state index is 13.8. The minimum Gasteiger partial charge on any atom is -0.381 e. The second kappa shape index (κ2) is 5.42. The summed E-state index contributed by atoms with van der Waals surface area (Å²) in [4.78, 5) is 0. The van der Waals surface area contributed by atoms with Crippen LogP contribution in [0.3, 0.4) is 0 Å². The predicted octanol–water partition coefficient (Wildman–Crippen LogP) is 3.02. The second-order valence-electron chi connectivity index (χ2n) is 4.18. The van der Waals surface area contributed by atoms with Crippen molar-refractivity contribution in [3.63, 3.8) is 0 Å². The van der Waals surface area contributed by atoms with E-state index in [1.807, 2.05) is 0 Å². The van der Waals surface area contributed by atoms with Gasteiger partial charge in [0.15, 0.2) is 0 Å². The van der Waals surface area contributed by atoms with Gasteiger partial charge in [0.1, 0.15) is 11.6 Å². The molecule has 2 unspecified atom stereocenters. The van der Waals surface area contributed by atoms with Gasteiger partial charge in [-0.25, -0.2) is 8.78 Å². The number of ether oxygens (including phenoxy) is 1. The van der Waals surface area contributed by atoms with Crippen molar-refractivity contribution in [3.8, 4) is 0 Å². The van der Waals surface area contributed by atoms with Gasteiger partial charge in [-0.1, -0.05) is 0 Å². The summed E-state index contributed by atoms with van der Waals surface area (Å²) in [5.41, 5.74) is 0.365. The van der Waals surface area contributed by atoms with Crippen molar-refractivity contribution in [3.05, 3.63) is 33.8 Å². The lowest BCUT2D eigenvalue weighted by Crippen LogP contribution is -2.26. The molecule has 0 spiro atoms. The highest BCUT2D eigenvalue weighted by molar-refractivity contribution is 9.10. The number of hydrogen-bond donors (Lipinski definition) is 1. The quantitative estimate of drug-likeness (QED) is 0.867. The minimum absolute atomic E-state index is 0.149. The topological polar surface area (TPSA) is 21.3 Å². The lowest BCUT2D eigenvalue weighted by molar-refractivity contribution is 0.177. The van der Waals surface area contributed by atoms with E-state index in [2.05, 4.69) is 21.2 Å². The fourth-order valence-electron chi connectivity index (χ4n) is 2.24. The average molecular weight is 306 g/mol. The van der Waals surface area contributed by atoms with E-state index in [-0.39, 0.29) is 16.4 Å². The van der Waals surface area contributed by atoms with E-state index in [0.29, 0.717) is 18.8 Å². The summed E-state index contributed by atoms with van der Waals surface area (Å²) in [6, 6.07) is 2.21. The van der Waals surface area contributed by atoms with Gasteiger partial charge in [-0.05, 0) is 41.5 Å². The van der Waals surface area contributed by atoms with E-state index in [1.54, 1.807) is 7.05 Å². The van der Waals surface area contributed by atoms with Crippen molar-refractivity contribution in [2.45, 2.75) is 12.5 Å². The molecule has 0 saturated carbocycles. The first kappa shape index (κ1) is 12.9. The van der Waals surface area contributed by atoms with Crippen molar-refractivity contribution >= 4 is 15.9 Å². The molecule has 1 aromatic rings. The standard InChI is InChI=1S/C12H14BrF2NO/c1-16-12(7-2-3-17-6-7)8-4-11(15)9(13)5-10(8)14/h4-5,7,12,16H,2-3,6H2,1H3. The molecule has 1 aliphatic heterocycles. The number of rotatable bonds is 3. The molecule has 0 aromatic heterocycles. The molecule has 2 rings (SSSR count). The normalized spacial score (nSPS) is 21.8. The summed E-state index contributed by atoms with van der Waals surface area (Å²) in [6.07, 6.45) is 0.864. The highest BCUT2D eigenvalue weighted by Crippen LogP contribution is 2.32. The van der Waals surface area contributed by atoms with Crippen LogP contribution in [-0.2, 0) is 4.74 Å². The number of nitrogens with one attached hydrogen (secondary N) is 1. The van der Waals surface area contributed by atoms with Crippen LogP contribution in [-0.4, -0.2) is 20.3 Å². The zero-order valence-electron chi connectivity index (χ0n) is 9.47. The van der Waals surface area contributed by atoms with Crippen molar-refractivity contribution < 1.29 is 13.5 Å². The Morgan fingerprint density at radius 3 is 2.76 bits per heavy atom. The SMILES string of the molecule is CNC(c1cc(F)c(Br)cc1F)C1CCOC1. The number of halogens is 3. The van der Waals surface area contributed by atoms with Gasteiger partial charge >= 0.3 is 0 Å². The molecule has 1 N–H and O–H groups in total. The van der Waals surface area contributed by atoms with E-state index in [9.17, 15) is 8.78 Å². The van der Waals surface area contributed by atoms with Gasteiger partial charge < -0.3 is 10.1 Å². The lowest BCUT2D eigenvalue weighted by atomic mass is 9.92. The first-order valence-electron chi connectivity index (χ1n) is 5.53. The van der Waals surface area contributed by atoms with Crippen molar-refractivity contribution in [2.75, 3.05) is 20.3 Å². The van der Waals surface area contributed by atoms with E-state index in [0.717, 1.165) is 6.42 Å². The molecule has 1 heterocycles. The van der Waals surface area contributed by atoms with Crippen LogP contribution in [0.25, 0.3) is 0 Å². The highest BCUT2D eigenvalue weighted by atomic mass is 79.9. The molecule has 2 atom stereocenters. The third-order valence-corrected chi connectivity index (χ3v) is 3.73. The van der Waals surface area contributed by atoms with Crippen LogP contribution in [0.15, 0.2) is 16.6 Å². The Balaban J connectivity index is 2.32.